The van der Waals surface area contributed by atoms with E-state index in [1.807, 2.05) is 0 Å². The smallest absolute Gasteiger partial charge is 0.0514 e. The molecule has 0 saturated carbocycles. The topological polar surface area (TPSA) is 15.3 Å². The first kappa shape index (κ1) is 16.7. The predicted octanol–water partition coefficient (Wildman–Crippen LogP) is 4.80. The van der Waals surface area contributed by atoms with E-state index in [9.17, 15) is 0 Å². The maximum Gasteiger partial charge on any atom is 0.0514 e. The van der Waals surface area contributed by atoms with E-state index in [1.165, 1.54) is 30.5 Å². The van der Waals surface area contributed by atoms with Gasteiger partial charge in [-0.3, -0.25) is 0 Å². The van der Waals surface area contributed by atoms with E-state index in [0.29, 0.717) is 12.1 Å². The first-order chi connectivity index (χ1) is 10.7. The van der Waals surface area contributed by atoms with Gasteiger partial charge in [-0.1, -0.05) is 62.2 Å². The van der Waals surface area contributed by atoms with Crippen molar-refractivity contribution < 1.29 is 0 Å². The molecule has 2 heteroatoms. The average Bonchev–Trinajstić information content (AvgIpc) is 2.97. The SMILES string of the molecule is CCCCC/C=C(/NC(C)C1CC=CN1C)c1ccccc1. The van der Waals surface area contributed by atoms with E-state index in [-0.39, 0.29) is 0 Å². The highest BCUT2D eigenvalue weighted by Gasteiger charge is 2.22. The van der Waals surface area contributed by atoms with Crippen LogP contribution in [0.15, 0.2) is 48.7 Å². The van der Waals surface area contributed by atoms with Gasteiger partial charge in [0.1, 0.15) is 0 Å². The largest absolute Gasteiger partial charge is 0.380 e. The van der Waals surface area contributed by atoms with Crippen molar-refractivity contribution in [2.24, 2.45) is 0 Å². The van der Waals surface area contributed by atoms with Crippen molar-refractivity contribution >= 4 is 5.70 Å². The quantitative estimate of drug-likeness (QED) is 0.693. The lowest BCUT2D eigenvalue weighted by atomic mass is 10.0. The van der Waals surface area contributed by atoms with Gasteiger partial charge in [-0.25, -0.2) is 0 Å². The number of nitrogens with zero attached hydrogens (tertiary/aromatic N) is 1. The molecule has 1 heterocycles. The highest BCUT2D eigenvalue weighted by atomic mass is 15.2. The summed E-state index contributed by atoms with van der Waals surface area (Å²) in [4.78, 5) is 2.32. The first-order valence-electron chi connectivity index (χ1n) is 8.63. The molecule has 1 aliphatic heterocycles. The van der Waals surface area contributed by atoms with Crippen molar-refractivity contribution in [2.75, 3.05) is 7.05 Å². The van der Waals surface area contributed by atoms with Crippen LogP contribution in [0.4, 0.5) is 0 Å². The molecular weight excluding hydrogens is 268 g/mol. The Kier molecular flexibility index (Phi) is 6.57. The highest BCUT2D eigenvalue weighted by Crippen LogP contribution is 2.20. The second kappa shape index (κ2) is 8.67. The zero-order chi connectivity index (χ0) is 15.8. The number of unbranched alkanes of at least 4 members (excludes halogenated alkanes) is 3. The van der Waals surface area contributed by atoms with E-state index in [4.69, 9.17) is 0 Å². The molecule has 2 nitrogen and oxygen atoms in total. The normalized spacial score (nSPS) is 19.5. The van der Waals surface area contributed by atoms with Gasteiger partial charge in [-0.05, 0) is 37.9 Å². The Labute approximate surface area is 135 Å². The van der Waals surface area contributed by atoms with E-state index in [0.717, 1.165) is 12.8 Å². The molecule has 0 saturated heterocycles. The highest BCUT2D eigenvalue weighted by molar-refractivity contribution is 5.64. The van der Waals surface area contributed by atoms with Crippen molar-refractivity contribution in [3.05, 3.63) is 54.2 Å². The van der Waals surface area contributed by atoms with Gasteiger partial charge in [0.05, 0.1) is 6.04 Å². The van der Waals surface area contributed by atoms with E-state index < -0.39 is 0 Å². The second-order valence-corrected chi connectivity index (χ2v) is 6.27. The Morgan fingerprint density at radius 1 is 1.32 bits per heavy atom. The van der Waals surface area contributed by atoms with Crippen LogP contribution in [-0.4, -0.2) is 24.0 Å². The molecule has 0 bridgehead atoms. The van der Waals surface area contributed by atoms with Crippen LogP contribution in [0.5, 0.6) is 0 Å². The summed E-state index contributed by atoms with van der Waals surface area (Å²) in [5.74, 6) is 0. The number of likely N-dealkylation sites (N-methyl/N-ethyl adjacent to an activating group) is 1. The molecular formula is C20H30N2. The number of hydrogen-bond acceptors (Lipinski definition) is 2. The standard InChI is InChI=1S/C20H30N2/c1-4-5-6-10-14-19(18-12-8-7-9-13-18)21-17(2)20-15-11-16-22(20)3/h7-9,11-14,16-17,20-21H,4-6,10,15H2,1-3H3/b19-14+. The van der Waals surface area contributed by atoms with Gasteiger partial charge in [0.15, 0.2) is 0 Å². The summed E-state index contributed by atoms with van der Waals surface area (Å²) in [5.41, 5.74) is 2.57. The number of nitrogens with one attached hydrogen (secondary N) is 1. The second-order valence-electron chi connectivity index (χ2n) is 6.27. The van der Waals surface area contributed by atoms with Crippen LogP contribution in [0.1, 0.15) is 51.5 Å². The molecule has 1 aliphatic rings. The Balaban J connectivity index is 2.04. The van der Waals surface area contributed by atoms with E-state index in [2.05, 4.69) is 79.8 Å². The van der Waals surface area contributed by atoms with Crippen LogP contribution in [0.25, 0.3) is 5.70 Å². The zero-order valence-electron chi connectivity index (χ0n) is 14.3. The number of allylic oxidation sites excluding steroid dienone is 1. The lowest BCUT2D eigenvalue weighted by molar-refractivity contribution is 0.301. The first-order valence-corrected chi connectivity index (χ1v) is 8.63. The third-order valence-electron chi connectivity index (χ3n) is 4.44. The van der Waals surface area contributed by atoms with E-state index >= 15 is 0 Å². The van der Waals surface area contributed by atoms with Crippen molar-refractivity contribution in [3.63, 3.8) is 0 Å². The van der Waals surface area contributed by atoms with Gasteiger partial charge in [-0.2, -0.15) is 0 Å². The van der Waals surface area contributed by atoms with Crippen LogP contribution < -0.4 is 5.32 Å². The molecule has 1 N–H and O–H groups in total. The molecule has 0 amide bonds. The van der Waals surface area contributed by atoms with Crippen LogP contribution in [0.3, 0.4) is 0 Å². The van der Waals surface area contributed by atoms with Gasteiger partial charge in [-0.15, -0.1) is 0 Å². The monoisotopic (exact) mass is 298 g/mol. The molecule has 1 aromatic rings. The Morgan fingerprint density at radius 3 is 2.73 bits per heavy atom. The summed E-state index contributed by atoms with van der Waals surface area (Å²) in [5, 5.41) is 3.76. The number of benzene rings is 1. The third kappa shape index (κ3) is 4.66. The van der Waals surface area contributed by atoms with Crippen LogP contribution in [0, 0.1) is 0 Å². The fourth-order valence-corrected chi connectivity index (χ4v) is 3.06. The van der Waals surface area contributed by atoms with Crippen molar-refractivity contribution in [3.8, 4) is 0 Å². The molecule has 120 valence electrons. The van der Waals surface area contributed by atoms with Gasteiger partial charge in [0.25, 0.3) is 0 Å². The molecule has 0 aromatic heterocycles. The van der Waals surface area contributed by atoms with Crippen LogP contribution in [0.2, 0.25) is 0 Å². The summed E-state index contributed by atoms with van der Waals surface area (Å²) >= 11 is 0. The molecule has 0 radical (unpaired) electrons. The molecule has 2 atom stereocenters. The summed E-state index contributed by atoms with van der Waals surface area (Å²) < 4.78 is 0. The summed E-state index contributed by atoms with van der Waals surface area (Å²) in [6.45, 7) is 4.54. The van der Waals surface area contributed by atoms with Gasteiger partial charge < -0.3 is 10.2 Å². The maximum atomic E-state index is 3.76. The van der Waals surface area contributed by atoms with Gasteiger partial charge >= 0.3 is 0 Å². The molecule has 1 aromatic carbocycles. The average molecular weight is 298 g/mol. The molecule has 0 fully saturated rings. The fraction of sp³-hybridized carbons (Fsp3) is 0.500. The number of hydrogen-bond donors (Lipinski definition) is 1. The zero-order valence-corrected chi connectivity index (χ0v) is 14.3. The van der Waals surface area contributed by atoms with Crippen molar-refractivity contribution in [1.29, 1.82) is 0 Å². The van der Waals surface area contributed by atoms with Crippen molar-refractivity contribution in [2.45, 2.75) is 58.0 Å². The Morgan fingerprint density at radius 2 is 2.09 bits per heavy atom. The minimum Gasteiger partial charge on any atom is -0.380 e. The minimum absolute atomic E-state index is 0.428. The van der Waals surface area contributed by atoms with Gasteiger partial charge in [0, 0.05) is 18.8 Å². The summed E-state index contributed by atoms with van der Waals surface area (Å²) in [6, 6.07) is 11.7. The molecule has 22 heavy (non-hydrogen) atoms. The Bertz CT molecular complexity index is 490. The summed E-state index contributed by atoms with van der Waals surface area (Å²) in [6.07, 6.45) is 13.0. The van der Waals surface area contributed by atoms with Gasteiger partial charge in [0.2, 0.25) is 0 Å². The lowest BCUT2D eigenvalue weighted by Crippen LogP contribution is -2.42. The Hall–Kier alpha value is -1.70. The third-order valence-corrected chi connectivity index (χ3v) is 4.44. The summed E-state index contributed by atoms with van der Waals surface area (Å²) in [7, 11) is 2.17. The fourth-order valence-electron chi connectivity index (χ4n) is 3.06. The number of rotatable bonds is 8. The van der Waals surface area contributed by atoms with Crippen molar-refractivity contribution in [1.82, 2.24) is 10.2 Å². The predicted molar refractivity (Wildman–Crippen MR) is 96.5 cm³/mol. The van der Waals surface area contributed by atoms with Crippen LogP contribution in [-0.2, 0) is 0 Å². The maximum absolute atomic E-state index is 3.76. The molecule has 2 unspecified atom stereocenters. The lowest BCUT2D eigenvalue weighted by Gasteiger charge is -2.29. The molecule has 2 rings (SSSR count). The molecule has 0 aliphatic carbocycles. The molecule has 0 spiro atoms. The van der Waals surface area contributed by atoms with E-state index in [1.54, 1.807) is 0 Å². The minimum atomic E-state index is 0.428. The van der Waals surface area contributed by atoms with Crippen LogP contribution >= 0.6 is 0 Å².